The molecule has 20 heavy (non-hydrogen) atoms. The van der Waals surface area contributed by atoms with Gasteiger partial charge in [-0.2, -0.15) is 0 Å². The molecule has 1 atom stereocenters. The van der Waals surface area contributed by atoms with E-state index in [1.54, 1.807) is 4.90 Å². The van der Waals surface area contributed by atoms with Crippen LogP contribution >= 0.6 is 0 Å². The summed E-state index contributed by atoms with van der Waals surface area (Å²) in [6.45, 7) is 7.58. The first-order chi connectivity index (χ1) is 9.38. The molecule has 0 radical (unpaired) electrons. The van der Waals surface area contributed by atoms with Crippen molar-refractivity contribution in [2.24, 2.45) is 5.92 Å². The van der Waals surface area contributed by atoms with Crippen molar-refractivity contribution in [1.82, 2.24) is 14.5 Å². The van der Waals surface area contributed by atoms with E-state index in [2.05, 4.69) is 5.32 Å². The van der Waals surface area contributed by atoms with Crippen molar-refractivity contribution in [2.75, 3.05) is 45.5 Å². The third-order valence-electron chi connectivity index (χ3n) is 3.78. The third-order valence-corrected chi connectivity index (χ3v) is 5.05. The Hall–Kier alpha value is -0.660. The number of nitrogens with one attached hydrogen (secondary N) is 1. The van der Waals surface area contributed by atoms with Gasteiger partial charge in [0.1, 0.15) is 0 Å². The predicted octanol–water partition coefficient (Wildman–Crippen LogP) is 0.116. The summed E-state index contributed by atoms with van der Waals surface area (Å²) in [6.07, 6.45) is 3.16. The Morgan fingerprint density at radius 2 is 2.00 bits per heavy atom. The molecule has 0 aromatic rings. The van der Waals surface area contributed by atoms with Crippen LogP contribution in [0.2, 0.25) is 0 Å². The Bertz CT molecular complexity index is 407. The van der Waals surface area contributed by atoms with Gasteiger partial charge in [-0.15, -0.1) is 0 Å². The second kappa shape index (κ2) is 7.95. The molecule has 0 aromatic carbocycles. The van der Waals surface area contributed by atoms with Gasteiger partial charge < -0.3 is 10.2 Å². The quantitative estimate of drug-likeness (QED) is 0.725. The van der Waals surface area contributed by atoms with Crippen molar-refractivity contribution in [1.29, 1.82) is 0 Å². The van der Waals surface area contributed by atoms with Crippen LogP contribution in [0, 0.1) is 5.92 Å². The van der Waals surface area contributed by atoms with Crippen LogP contribution in [0.15, 0.2) is 0 Å². The fourth-order valence-corrected chi connectivity index (χ4v) is 3.51. The number of carbonyl (C=O) groups excluding carboxylic acids is 1. The van der Waals surface area contributed by atoms with Gasteiger partial charge in [-0.1, -0.05) is 0 Å². The molecule has 1 saturated heterocycles. The molecule has 7 heteroatoms. The van der Waals surface area contributed by atoms with E-state index in [9.17, 15) is 13.2 Å². The van der Waals surface area contributed by atoms with Gasteiger partial charge in [0, 0.05) is 26.2 Å². The van der Waals surface area contributed by atoms with E-state index in [4.69, 9.17) is 0 Å². The molecule has 1 aliphatic rings. The van der Waals surface area contributed by atoms with Crippen LogP contribution in [-0.2, 0) is 14.8 Å². The van der Waals surface area contributed by atoms with Crippen LogP contribution in [-0.4, -0.2) is 69.1 Å². The Labute approximate surface area is 122 Å². The molecular weight excluding hydrogens is 278 g/mol. The van der Waals surface area contributed by atoms with E-state index in [1.807, 2.05) is 13.8 Å². The van der Waals surface area contributed by atoms with Gasteiger partial charge in [0.05, 0.1) is 12.8 Å². The number of piperidine rings is 1. The minimum atomic E-state index is -3.09. The molecule has 1 unspecified atom stereocenters. The Balaban J connectivity index is 2.33. The highest BCUT2D eigenvalue weighted by atomic mass is 32.2. The van der Waals surface area contributed by atoms with E-state index in [-0.39, 0.29) is 5.91 Å². The summed E-state index contributed by atoms with van der Waals surface area (Å²) in [5.74, 6) is 0.397. The average Bonchev–Trinajstić information content (AvgIpc) is 2.39. The van der Waals surface area contributed by atoms with Gasteiger partial charge in [-0.25, -0.2) is 12.7 Å². The van der Waals surface area contributed by atoms with E-state index in [1.165, 1.54) is 10.6 Å². The number of carbonyl (C=O) groups is 1. The van der Waals surface area contributed by atoms with Crippen LogP contribution in [0.4, 0.5) is 0 Å². The zero-order chi connectivity index (χ0) is 15.2. The average molecular weight is 305 g/mol. The highest BCUT2D eigenvalue weighted by Crippen LogP contribution is 2.17. The zero-order valence-electron chi connectivity index (χ0n) is 12.8. The number of rotatable bonds is 7. The number of hydrogen-bond donors (Lipinski definition) is 1. The van der Waals surface area contributed by atoms with E-state index >= 15 is 0 Å². The minimum Gasteiger partial charge on any atom is -0.342 e. The highest BCUT2D eigenvalue weighted by Gasteiger charge is 2.25. The van der Waals surface area contributed by atoms with Crippen molar-refractivity contribution in [3.05, 3.63) is 0 Å². The van der Waals surface area contributed by atoms with Crippen LogP contribution in [0.1, 0.15) is 26.7 Å². The molecule has 0 aromatic heterocycles. The molecule has 0 spiro atoms. The normalized spacial score (nSPS) is 20.9. The maximum absolute atomic E-state index is 11.8. The topological polar surface area (TPSA) is 69.7 Å². The molecule has 1 amide bonds. The number of nitrogens with zero attached hydrogens (tertiary/aromatic N) is 2. The van der Waals surface area contributed by atoms with Gasteiger partial charge in [0.15, 0.2) is 0 Å². The number of hydrogen-bond acceptors (Lipinski definition) is 4. The molecule has 0 bridgehead atoms. The van der Waals surface area contributed by atoms with Crippen LogP contribution < -0.4 is 5.32 Å². The molecule has 0 saturated carbocycles. The summed E-state index contributed by atoms with van der Waals surface area (Å²) < 4.78 is 24.6. The summed E-state index contributed by atoms with van der Waals surface area (Å²) in [5.41, 5.74) is 0. The Morgan fingerprint density at radius 3 is 2.55 bits per heavy atom. The molecular formula is C13H27N3O3S. The Kier molecular flexibility index (Phi) is 6.91. The summed E-state index contributed by atoms with van der Waals surface area (Å²) >= 11 is 0. The van der Waals surface area contributed by atoms with Crippen molar-refractivity contribution >= 4 is 15.9 Å². The van der Waals surface area contributed by atoms with Crippen LogP contribution in [0.5, 0.6) is 0 Å². The molecule has 1 rings (SSSR count). The molecule has 1 aliphatic heterocycles. The standard InChI is InChI=1S/C13H27N3O3S/c1-4-15(5-2)13(17)10-14-9-12-7-6-8-16(11-12)20(3,18)19/h12,14H,4-11H2,1-3H3. The minimum absolute atomic E-state index is 0.103. The summed E-state index contributed by atoms with van der Waals surface area (Å²) in [5, 5.41) is 3.16. The molecule has 118 valence electrons. The Morgan fingerprint density at radius 1 is 1.35 bits per heavy atom. The summed E-state index contributed by atoms with van der Waals surface area (Å²) in [6, 6.07) is 0. The van der Waals surface area contributed by atoms with E-state index < -0.39 is 10.0 Å². The largest absolute Gasteiger partial charge is 0.342 e. The monoisotopic (exact) mass is 305 g/mol. The molecule has 1 heterocycles. The molecule has 6 nitrogen and oxygen atoms in total. The lowest BCUT2D eigenvalue weighted by molar-refractivity contribution is -0.129. The maximum atomic E-state index is 11.8. The first kappa shape index (κ1) is 17.4. The van der Waals surface area contributed by atoms with E-state index in [0.717, 1.165) is 25.9 Å². The summed E-state index contributed by atoms with van der Waals surface area (Å²) in [4.78, 5) is 13.6. The van der Waals surface area contributed by atoms with Crippen molar-refractivity contribution in [2.45, 2.75) is 26.7 Å². The number of amides is 1. The van der Waals surface area contributed by atoms with Gasteiger partial charge >= 0.3 is 0 Å². The number of sulfonamides is 1. The molecule has 1 N–H and O–H groups in total. The van der Waals surface area contributed by atoms with Gasteiger partial charge in [0.2, 0.25) is 15.9 Å². The lowest BCUT2D eigenvalue weighted by Gasteiger charge is -2.31. The van der Waals surface area contributed by atoms with Gasteiger partial charge in [0.25, 0.3) is 0 Å². The highest BCUT2D eigenvalue weighted by molar-refractivity contribution is 7.88. The third kappa shape index (κ3) is 5.38. The van der Waals surface area contributed by atoms with Gasteiger partial charge in [-0.3, -0.25) is 4.79 Å². The molecule has 0 aliphatic carbocycles. The zero-order valence-corrected chi connectivity index (χ0v) is 13.6. The van der Waals surface area contributed by atoms with Crippen molar-refractivity contribution in [3.8, 4) is 0 Å². The second-order valence-electron chi connectivity index (χ2n) is 5.33. The lowest BCUT2D eigenvalue weighted by Crippen LogP contribution is -2.44. The SMILES string of the molecule is CCN(CC)C(=O)CNCC1CCCN(S(C)(=O)=O)C1. The maximum Gasteiger partial charge on any atom is 0.236 e. The van der Waals surface area contributed by atoms with Crippen molar-refractivity contribution in [3.63, 3.8) is 0 Å². The fraction of sp³-hybridized carbons (Fsp3) is 0.923. The lowest BCUT2D eigenvalue weighted by atomic mass is 10.00. The second-order valence-corrected chi connectivity index (χ2v) is 7.31. The van der Waals surface area contributed by atoms with Gasteiger partial charge in [-0.05, 0) is 39.2 Å². The summed E-state index contributed by atoms with van der Waals surface area (Å²) in [7, 11) is -3.09. The predicted molar refractivity (Wildman–Crippen MR) is 79.9 cm³/mol. The van der Waals surface area contributed by atoms with E-state index in [0.29, 0.717) is 32.1 Å². The molecule has 1 fully saturated rings. The van der Waals surface area contributed by atoms with Crippen LogP contribution in [0.25, 0.3) is 0 Å². The first-order valence-corrected chi connectivity index (χ1v) is 9.16. The van der Waals surface area contributed by atoms with Crippen molar-refractivity contribution < 1.29 is 13.2 Å². The fourth-order valence-electron chi connectivity index (χ4n) is 2.57. The smallest absolute Gasteiger partial charge is 0.236 e. The first-order valence-electron chi connectivity index (χ1n) is 7.32. The van der Waals surface area contributed by atoms with Crippen LogP contribution in [0.3, 0.4) is 0 Å². The number of likely N-dealkylation sites (N-methyl/N-ethyl adjacent to an activating group) is 1.